The number of halogens is 3. The molecule has 2 aliphatic carbocycles. The number of alkyl halides is 3. The number of primary amides is 1. The maximum atomic E-state index is 13.3. The van der Waals surface area contributed by atoms with Gasteiger partial charge in [-0.3, -0.25) is 9.59 Å². The fourth-order valence-electron chi connectivity index (χ4n) is 5.03. The molecule has 43 heavy (non-hydrogen) atoms. The number of urea groups is 1. The summed E-state index contributed by atoms with van der Waals surface area (Å²) >= 11 is 0. The van der Waals surface area contributed by atoms with Crippen molar-refractivity contribution in [2.45, 2.75) is 42.9 Å². The van der Waals surface area contributed by atoms with E-state index in [1.807, 2.05) is 0 Å². The average molecular weight is 594 g/mol. The molecule has 2 heterocycles. The van der Waals surface area contributed by atoms with Gasteiger partial charge in [0.15, 0.2) is 17.1 Å². The van der Waals surface area contributed by atoms with E-state index >= 15 is 0 Å². The molecule has 2 aromatic carbocycles. The van der Waals surface area contributed by atoms with E-state index in [1.54, 1.807) is 37.4 Å². The first-order valence-corrected chi connectivity index (χ1v) is 13.3. The third-order valence-corrected chi connectivity index (χ3v) is 7.79. The van der Waals surface area contributed by atoms with Crippen LogP contribution in [0.2, 0.25) is 0 Å². The lowest BCUT2D eigenvalue weighted by Crippen LogP contribution is -2.38. The third-order valence-electron chi connectivity index (χ3n) is 7.79. The Labute approximate surface area is 242 Å². The van der Waals surface area contributed by atoms with Gasteiger partial charge in [-0.25, -0.2) is 14.5 Å². The number of esters is 1. The zero-order valence-electron chi connectivity index (χ0n) is 22.8. The fraction of sp³-hybridized carbons (Fsp3) is 0.276. The number of hydrogen-bond acceptors (Lipinski definition) is 7. The van der Waals surface area contributed by atoms with Crippen LogP contribution < -0.4 is 22.1 Å². The molecule has 3 amide bonds. The molecule has 0 aliphatic heterocycles. The molecule has 4 aromatic rings. The molecule has 6 N–H and O–H groups in total. The standard InChI is InChI=1S/C29H26F3N7O4/c1-39-23-21(22(33)38-39)19(14-20(37-23)27(9-10-27)25(41)43-28(11-12-28)24(34)40)15-5-7-17(8-6-15)35-26(42)36-18-4-2-3-16(13-18)29(30,31)32/h2-8,13-14H,9-12H2,1H3,(H2,33,38)(H2,34,40)(H2,35,36,42). The smallest absolute Gasteiger partial charge is 0.416 e. The van der Waals surface area contributed by atoms with Gasteiger partial charge in [0.2, 0.25) is 0 Å². The Bertz CT molecular complexity index is 1790. The minimum absolute atomic E-state index is 0.0151. The summed E-state index contributed by atoms with van der Waals surface area (Å²) in [4.78, 5) is 42.3. The van der Waals surface area contributed by atoms with Crippen molar-refractivity contribution in [2.75, 3.05) is 16.4 Å². The molecule has 0 radical (unpaired) electrons. The lowest BCUT2D eigenvalue weighted by atomic mass is 9.95. The summed E-state index contributed by atoms with van der Waals surface area (Å²) in [6, 6.07) is 12.0. The molecule has 2 fully saturated rings. The molecule has 222 valence electrons. The first-order chi connectivity index (χ1) is 20.3. The second kappa shape index (κ2) is 9.71. The van der Waals surface area contributed by atoms with Crippen molar-refractivity contribution in [3.05, 3.63) is 65.9 Å². The van der Waals surface area contributed by atoms with Gasteiger partial charge in [0.25, 0.3) is 5.91 Å². The fourth-order valence-corrected chi connectivity index (χ4v) is 5.03. The van der Waals surface area contributed by atoms with Crippen molar-refractivity contribution < 1.29 is 32.3 Å². The number of anilines is 3. The second-order valence-electron chi connectivity index (χ2n) is 10.8. The predicted molar refractivity (Wildman–Crippen MR) is 151 cm³/mol. The number of aromatic nitrogens is 3. The van der Waals surface area contributed by atoms with Crippen LogP contribution in [0.3, 0.4) is 0 Å². The highest BCUT2D eigenvalue weighted by Gasteiger charge is 2.60. The predicted octanol–water partition coefficient (Wildman–Crippen LogP) is 4.47. The van der Waals surface area contributed by atoms with Crippen molar-refractivity contribution in [3.63, 3.8) is 0 Å². The Kier molecular flexibility index (Phi) is 6.32. The number of carbonyl (C=O) groups is 3. The maximum absolute atomic E-state index is 13.3. The maximum Gasteiger partial charge on any atom is 0.416 e. The number of nitrogen functional groups attached to an aromatic ring is 1. The minimum atomic E-state index is -4.54. The molecular weight excluding hydrogens is 567 g/mol. The average Bonchev–Trinajstić information content (AvgIpc) is 3.88. The van der Waals surface area contributed by atoms with E-state index < -0.39 is 40.7 Å². The van der Waals surface area contributed by atoms with Crippen molar-refractivity contribution in [2.24, 2.45) is 12.8 Å². The number of fused-ring (bicyclic) bond motifs is 1. The number of amides is 3. The monoisotopic (exact) mass is 593 g/mol. The zero-order chi connectivity index (χ0) is 30.7. The number of ether oxygens (including phenoxy) is 1. The largest absolute Gasteiger partial charge is 0.448 e. The molecule has 0 saturated heterocycles. The number of rotatable bonds is 7. The zero-order valence-corrected chi connectivity index (χ0v) is 22.8. The van der Waals surface area contributed by atoms with E-state index in [2.05, 4.69) is 15.7 Å². The van der Waals surface area contributed by atoms with Gasteiger partial charge in [-0.05, 0) is 60.4 Å². The van der Waals surface area contributed by atoms with Crippen LogP contribution >= 0.6 is 0 Å². The highest BCUT2D eigenvalue weighted by molar-refractivity contribution is 6.03. The van der Waals surface area contributed by atoms with E-state index in [1.165, 1.54) is 16.8 Å². The molecule has 2 aliphatic rings. The van der Waals surface area contributed by atoms with Crippen molar-refractivity contribution in [1.29, 1.82) is 0 Å². The number of nitrogens with one attached hydrogen (secondary N) is 2. The number of benzene rings is 2. The molecule has 11 nitrogen and oxygen atoms in total. The molecule has 0 spiro atoms. The first kappa shape index (κ1) is 28.0. The number of nitrogens with zero attached hydrogens (tertiary/aromatic N) is 3. The summed E-state index contributed by atoms with van der Waals surface area (Å²) in [5, 5.41) is 9.85. The summed E-state index contributed by atoms with van der Waals surface area (Å²) in [6.07, 6.45) is -2.80. The third kappa shape index (κ3) is 5.08. The van der Waals surface area contributed by atoms with Crippen LogP contribution in [0.1, 0.15) is 36.9 Å². The first-order valence-electron chi connectivity index (χ1n) is 13.3. The van der Waals surface area contributed by atoms with E-state index in [0.717, 1.165) is 12.1 Å². The van der Waals surface area contributed by atoms with Crippen molar-refractivity contribution in [3.8, 4) is 11.1 Å². The Balaban J connectivity index is 1.26. The van der Waals surface area contributed by atoms with Gasteiger partial charge in [-0.15, -0.1) is 0 Å². The van der Waals surface area contributed by atoms with Crippen LogP contribution in [0.15, 0.2) is 54.6 Å². The van der Waals surface area contributed by atoms with Crippen LogP contribution in [0.5, 0.6) is 0 Å². The van der Waals surface area contributed by atoms with E-state index in [-0.39, 0.29) is 11.5 Å². The highest BCUT2D eigenvalue weighted by atomic mass is 19.4. The van der Waals surface area contributed by atoms with E-state index in [9.17, 15) is 27.6 Å². The van der Waals surface area contributed by atoms with Gasteiger partial charge in [0.05, 0.1) is 16.6 Å². The Morgan fingerprint density at radius 3 is 2.26 bits per heavy atom. The Hall–Kier alpha value is -5.14. The number of hydrogen-bond donors (Lipinski definition) is 4. The van der Waals surface area contributed by atoms with Crippen LogP contribution in [0, 0.1) is 0 Å². The molecule has 0 bridgehead atoms. The van der Waals surface area contributed by atoms with Crippen molar-refractivity contribution >= 4 is 46.1 Å². The van der Waals surface area contributed by atoms with Gasteiger partial charge in [0, 0.05) is 31.3 Å². The molecular formula is C29H26F3N7O4. The number of nitrogens with two attached hydrogens (primary N) is 2. The SMILES string of the molecule is Cn1nc(N)c2c(-c3ccc(NC(=O)Nc4cccc(C(F)(F)F)c4)cc3)cc(C3(C(=O)OC4(C(N)=O)CC4)CC3)nc21. The lowest BCUT2D eigenvalue weighted by molar-refractivity contribution is -0.160. The normalized spacial score (nSPS) is 16.4. The quantitative estimate of drug-likeness (QED) is 0.229. The summed E-state index contributed by atoms with van der Waals surface area (Å²) in [5.41, 5.74) is 11.1. The van der Waals surface area contributed by atoms with Crippen molar-refractivity contribution in [1.82, 2.24) is 14.8 Å². The van der Waals surface area contributed by atoms with E-state index in [4.69, 9.17) is 21.2 Å². The van der Waals surface area contributed by atoms with Gasteiger partial charge >= 0.3 is 18.2 Å². The molecule has 0 atom stereocenters. The summed E-state index contributed by atoms with van der Waals surface area (Å²) in [6.45, 7) is 0. The van der Waals surface area contributed by atoms with Gasteiger partial charge in [-0.1, -0.05) is 18.2 Å². The van der Waals surface area contributed by atoms with Gasteiger partial charge in [0.1, 0.15) is 5.41 Å². The minimum Gasteiger partial charge on any atom is -0.448 e. The number of aryl methyl sites for hydroxylation is 1. The summed E-state index contributed by atoms with van der Waals surface area (Å²) in [7, 11) is 1.68. The second-order valence-corrected chi connectivity index (χ2v) is 10.8. The number of carbonyl (C=O) groups excluding carboxylic acids is 3. The van der Waals surface area contributed by atoms with Gasteiger partial charge in [-0.2, -0.15) is 18.3 Å². The van der Waals surface area contributed by atoms with Crippen LogP contribution in [-0.4, -0.2) is 38.3 Å². The molecule has 2 saturated carbocycles. The molecule has 14 heteroatoms. The van der Waals surface area contributed by atoms with Gasteiger partial charge < -0.3 is 26.8 Å². The molecule has 6 rings (SSSR count). The molecule has 2 aromatic heterocycles. The number of pyridine rings is 1. The Morgan fingerprint density at radius 1 is 0.977 bits per heavy atom. The lowest BCUT2D eigenvalue weighted by Gasteiger charge is -2.19. The summed E-state index contributed by atoms with van der Waals surface area (Å²) in [5.74, 6) is -0.993. The van der Waals surface area contributed by atoms with Crippen LogP contribution in [-0.2, 0) is 33.0 Å². The molecule has 0 unspecified atom stereocenters. The van der Waals surface area contributed by atoms with E-state index in [0.29, 0.717) is 59.2 Å². The topological polar surface area (TPSA) is 167 Å². The van der Waals surface area contributed by atoms with Crippen LogP contribution in [0.4, 0.5) is 35.2 Å². The summed E-state index contributed by atoms with van der Waals surface area (Å²) < 4.78 is 46.1. The Morgan fingerprint density at radius 2 is 1.65 bits per heavy atom. The highest BCUT2D eigenvalue weighted by Crippen LogP contribution is 2.52. The van der Waals surface area contributed by atoms with Crippen LogP contribution in [0.25, 0.3) is 22.2 Å².